The van der Waals surface area contributed by atoms with Gasteiger partial charge in [-0.15, -0.1) is 11.3 Å². The zero-order chi connectivity index (χ0) is 12.4. The maximum absolute atomic E-state index is 13.0. The van der Waals surface area contributed by atoms with Crippen LogP contribution in [-0.4, -0.2) is 4.98 Å². The summed E-state index contributed by atoms with van der Waals surface area (Å²) in [5, 5.41) is 1.18. The van der Waals surface area contributed by atoms with E-state index < -0.39 is 0 Å². The Balaban J connectivity index is 2.49. The molecule has 2 N–H and O–H groups in total. The molecular weight excluding hydrogens is 259 g/mol. The van der Waals surface area contributed by atoms with Crippen molar-refractivity contribution >= 4 is 22.9 Å². The molecule has 90 valence electrons. The lowest BCUT2D eigenvalue weighted by molar-refractivity contribution is 0.628. The molecule has 0 saturated heterocycles. The molecule has 0 radical (unpaired) electrons. The van der Waals surface area contributed by atoms with Gasteiger partial charge in [0.1, 0.15) is 10.8 Å². The lowest BCUT2D eigenvalue weighted by Crippen LogP contribution is -1.96. The SMILES string of the molecule is CCc1nc(-c2ccc(F)cc2Cl)sc1CN. The summed E-state index contributed by atoms with van der Waals surface area (Å²) in [7, 11) is 0. The smallest absolute Gasteiger partial charge is 0.125 e. The first kappa shape index (κ1) is 12.5. The summed E-state index contributed by atoms with van der Waals surface area (Å²) in [5.74, 6) is -0.343. The number of hydrogen-bond acceptors (Lipinski definition) is 3. The first-order valence-corrected chi connectivity index (χ1v) is 6.49. The van der Waals surface area contributed by atoms with Gasteiger partial charge in [0, 0.05) is 17.0 Å². The molecule has 0 aliphatic heterocycles. The standard InChI is InChI=1S/C12H12ClFN2S/c1-2-10-11(6-15)17-12(16-10)8-4-3-7(14)5-9(8)13/h3-5H,2,6,15H2,1H3. The molecule has 2 nitrogen and oxygen atoms in total. The molecule has 1 heterocycles. The summed E-state index contributed by atoms with van der Waals surface area (Å²) in [4.78, 5) is 5.55. The Hall–Kier alpha value is -0.970. The van der Waals surface area contributed by atoms with Crippen LogP contribution in [-0.2, 0) is 13.0 Å². The van der Waals surface area contributed by atoms with Gasteiger partial charge in [-0.05, 0) is 24.6 Å². The molecule has 0 spiro atoms. The molecule has 2 aromatic rings. The molecule has 0 bridgehead atoms. The Bertz CT molecular complexity index is 518. The highest BCUT2D eigenvalue weighted by molar-refractivity contribution is 7.15. The number of hydrogen-bond donors (Lipinski definition) is 1. The molecule has 17 heavy (non-hydrogen) atoms. The van der Waals surface area contributed by atoms with Crippen LogP contribution < -0.4 is 5.73 Å². The Morgan fingerprint density at radius 3 is 2.76 bits per heavy atom. The van der Waals surface area contributed by atoms with Crippen molar-refractivity contribution in [3.8, 4) is 10.6 Å². The normalized spacial score (nSPS) is 10.8. The monoisotopic (exact) mass is 270 g/mol. The second-order valence-corrected chi connectivity index (χ2v) is 5.06. The third-order valence-electron chi connectivity index (χ3n) is 2.46. The minimum atomic E-state index is -0.343. The summed E-state index contributed by atoms with van der Waals surface area (Å²) < 4.78 is 13.0. The maximum atomic E-state index is 13.0. The highest BCUT2D eigenvalue weighted by Gasteiger charge is 2.12. The van der Waals surface area contributed by atoms with E-state index in [1.807, 2.05) is 6.92 Å². The number of halogens is 2. The van der Waals surface area contributed by atoms with Crippen LogP contribution in [0, 0.1) is 5.82 Å². The number of aromatic nitrogens is 1. The lowest BCUT2D eigenvalue weighted by Gasteiger charge is -1.99. The van der Waals surface area contributed by atoms with Crippen molar-refractivity contribution in [3.05, 3.63) is 39.6 Å². The van der Waals surface area contributed by atoms with Gasteiger partial charge in [0.2, 0.25) is 0 Å². The third-order valence-corrected chi connectivity index (χ3v) is 3.93. The number of thiazole rings is 1. The highest BCUT2D eigenvalue weighted by Crippen LogP contribution is 2.33. The number of nitrogens with two attached hydrogens (primary N) is 1. The number of nitrogens with zero attached hydrogens (tertiary/aromatic N) is 1. The molecule has 0 atom stereocenters. The van der Waals surface area contributed by atoms with Gasteiger partial charge in [0.25, 0.3) is 0 Å². The van der Waals surface area contributed by atoms with Crippen molar-refractivity contribution in [2.24, 2.45) is 5.73 Å². The molecule has 0 saturated carbocycles. The van der Waals surface area contributed by atoms with Crippen molar-refractivity contribution in [2.45, 2.75) is 19.9 Å². The predicted octanol–water partition coefficient (Wildman–Crippen LogP) is 3.62. The molecule has 1 aromatic carbocycles. The van der Waals surface area contributed by atoms with E-state index in [1.165, 1.54) is 23.5 Å². The minimum absolute atomic E-state index is 0.343. The zero-order valence-corrected chi connectivity index (χ0v) is 10.9. The fraction of sp³-hybridized carbons (Fsp3) is 0.250. The molecule has 2 rings (SSSR count). The van der Waals surface area contributed by atoms with Gasteiger partial charge in [0.15, 0.2) is 0 Å². The molecular formula is C12H12ClFN2S. The Morgan fingerprint density at radius 2 is 2.24 bits per heavy atom. The average molecular weight is 271 g/mol. The van der Waals surface area contributed by atoms with Crippen LogP contribution in [0.4, 0.5) is 4.39 Å². The minimum Gasteiger partial charge on any atom is -0.326 e. The topological polar surface area (TPSA) is 38.9 Å². The second kappa shape index (κ2) is 5.12. The fourth-order valence-electron chi connectivity index (χ4n) is 1.60. The van der Waals surface area contributed by atoms with Crippen LogP contribution >= 0.6 is 22.9 Å². The van der Waals surface area contributed by atoms with Crippen molar-refractivity contribution in [1.29, 1.82) is 0 Å². The predicted molar refractivity (Wildman–Crippen MR) is 69.8 cm³/mol. The van der Waals surface area contributed by atoms with E-state index in [0.29, 0.717) is 11.6 Å². The fourth-order valence-corrected chi connectivity index (χ4v) is 2.98. The van der Waals surface area contributed by atoms with E-state index in [4.69, 9.17) is 17.3 Å². The van der Waals surface area contributed by atoms with Gasteiger partial charge >= 0.3 is 0 Å². The van der Waals surface area contributed by atoms with E-state index in [0.717, 1.165) is 27.6 Å². The molecule has 0 amide bonds. The van der Waals surface area contributed by atoms with Crippen LogP contribution in [0.1, 0.15) is 17.5 Å². The van der Waals surface area contributed by atoms with E-state index in [-0.39, 0.29) is 5.82 Å². The third kappa shape index (κ3) is 2.49. The van der Waals surface area contributed by atoms with E-state index >= 15 is 0 Å². The van der Waals surface area contributed by atoms with Crippen molar-refractivity contribution in [3.63, 3.8) is 0 Å². The second-order valence-electron chi connectivity index (χ2n) is 3.57. The molecule has 0 fully saturated rings. The average Bonchev–Trinajstić information content (AvgIpc) is 2.72. The quantitative estimate of drug-likeness (QED) is 0.925. The summed E-state index contributed by atoms with van der Waals surface area (Å²) in [6.45, 7) is 2.50. The summed E-state index contributed by atoms with van der Waals surface area (Å²) in [5.41, 5.74) is 7.41. The zero-order valence-electron chi connectivity index (χ0n) is 9.34. The van der Waals surface area contributed by atoms with E-state index in [2.05, 4.69) is 4.98 Å². The van der Waals surface area contributed by atoms with Gasteiger partial charge in [-0.25, -0.2) is 9.37 Å². The number of aryl methyl sites for hydroxylation is 1. The van der Waals surface area contributed by atoms with Gasteiger partial charge < -0.3 is 5.73 Å². The molecule has 0 aliphatic carbocycles. The Labute approximate surface area is 108 Å². The van der Waals surface area contributed by atoms with Crippen molar-refractivity contribution in [1.82, 2.24) is 4.98 Å². The van der Waals surface area contributed by atoms with E-state index in [1.54, 1.807) is 6.07 Å². The molecule has 1 aromatic heterocycles. The van der Waals surface area contributed by atoms with Crippen molar-refractivity contribution in [2.75, 3.05) is 0 Å². The largest absolute Gasteiger partial charge is 0.326 e. The number of rotatable bonds is 3. The maximum Gasteiger partial charge on any atom is 0.125 e. The van der Waals surface area contributed by atoms with Gasteiger partial charge in [-0.3, -0.25) is 0 Å². The van der Waals surface area contributed by atoms with Gasteiger partial charge in [0.05, 0.1) is 10.7 Å². The number of benzene rings is 1. The van der Waals surface area contributed by atoms with Crippen LogP contribution in [0.15, 0.2) is 18.2 Å². The van der Waals surface area contributed by atoms with Gasteiger partial charge in [-0.1, -0.05) is 18.5 Å². The van der Waals surface area contributed by atoms with Crippen LogP contribution in [0.3, 0.4) is 0 Å². The summed E-state index contributed by atoms with van der Waals surface area (Å²) in [6.07, 6.45) is 0.835. The van der Waals surface area contributed by atoms with Crippen LogP contribution in [0.5, 0.6) is 0 Å². The van der Waals surface area contributed by atoms with Crippen molar-refractivity contribution < 1.29 is 4.39 Å². The molecule has 5 heteroatoms. The molecule has 0 unspecified atom stereocenters. The summed E-state index contributed by atoms with van der Waals surface area (Å²) in [6, 6.07) is 4.33. The van der Waals surface area contributed by atoms with Gasteiger partial charge in [-0.2, -0.15) is 0 Å². The lowest BCUT2D eigenvalue weighted by atomic mass is 10.2. The van der Waals surface area contributed by atoms with Crippen LogP contribution in [0.25, 0.3) is 10.6 Å². The first-order chi connectivity index (χ1) is 8.15. The Morgan fingerprint density at radius 1 is 1.47 bits per heavy atom. The first-order valence-electron chi connectivity index (χ1n) is 5.29. The van der Waals surface area contributed by atoms with E-state index in [9.17, 15) is 4.39 Å². The van der Waals surface area contributed by atoms with Crippen LogP contribution in [0.2, 0.25) is 5.02 Å². The molecule has 0 aliphatic rings. The Kier molecular flexibility index (Phi) is 3.76. The highest BCUT2D eigenvalue weighted by atomic mass is 35.5. The summed E-state index contributed by atoms with van der Waals surface area (Å²) >= 11 is 7.52.